The van der Waals surface area contributed by atoms with Crippen LogP contribution in [0.25, 0.3) is 0 Å². The van der Waals surface area contributed by atoms with Crippen LogP contribution in [0.15, 0.2) is 18.2 Å². The summed E-state index contributed by atoms with van der Waals surface area (Å²) in [6.45, 7) is 0.217. The van der Waals surface area contributed by atoms with Gasteiger partial charge in [-0.1, -0.05) is 12.5 Å². The van der Waals surface area contributed by atoms with Crippen LogP contribution in [0.2, 0.25) is 0 Å². The quantitative estimate of drug-likeness (QED) is 0.916. The van der Waals surface area contributed by atoms with Gasteiger partial charge in [-0.2, -0.15) is 0 Å². The highest BCUT2D eigenvalue weighted by atomic mass is 35.5. The predicted octanol–water partition coefficient (Wildman–Crippen LogP) is 3.73. The molecule has 0 heterocycles. The summed E-state index contributed by atoms with van der Waals surface area (Å²) in [6, 6.07) is 4.68. The van der Waals surface area contributed by atoms with Crippen LogP contribution in [-0.4, -0.2) is 6.36 Å². The summed E-state index contributed by atoms with van der Waals surface area (Å²) in [7, 11) is 0. The van der Waals surface area contributed by atoms with Crippen molar-refractivity contribution in [2.75, 3.05) is 0 Å². The number of benzene rings is 1. The number of alkyl halides is 3. The first-order chi connectivity index (χ1) is 7.98. The van der Waals surface area contributed by atoms with E-state index >= 15 is 0 Å². The molecular formula is C12H15ClF3NO. The fourth-order valence-corrected chi connectivity index (χ4v) is 1.97. The van der Waals surface area contributed by atoms with E-state index in [2.05, 4.69) is 4.74 Å². The molecule has 0 saturated heterocycles. The highest BCUT2D eigenvalue weighted by molar-refractivity contribution is 5.85. The Morgan fingerprint density at radius 1 is 1.22 bits per heavy atom. The van der Waals surface area contributed by atoms with Gasteiger partial charge in [-0.15, -0.1) is 25.6 Å². The molecule has 1 fully saturated rings. The molecule has 0 spiro atoms. The Kier molecular flexibility index (Phi) is 4.87. The number of ether oxygens (including phenoxy) is 1. The second kappa shape index (κ2) is 5.80. The zero-order chi connectivity index (χ0) is 12.5. The molecule has 0 bridgehead atoms. The van der Waals surface area contributed by atoms with E-state index < -0.39 is 6.36 Å². The summed E-state index contributed by atoms with van der Waals surface area (Å²) in [6.07, 6.45) is -1.46. The molecule has 2 N–H and O–H groups in total. The Bertz CT molecular complexity index is 405. The molecule has 0 radical (unpaired) electrons. The number of rotatable bonds is 3. The molecule has 1 saturated carbocycles. The maximum Gasteiger partial charge on any atom is 0.573 e. The molecule has 2 rings (SSSR count). The van der Waals surface area contributed by atoms with Crippen molar-refractivity contribution >= 4 is 12.4 Å². The molecule has 0 amide bonds. The summed E-state index contributed by atoms with van der Waals surface area (Å²) in [5.41, 5.74) is 7.05. The predicted molar refractivity (Wildman–Crippen MR) is 64.9 cm³/mol. The van der Waals surface area contributed by atoms with Gasteiger partial charge in [0.15, 0.2) is 0 Å². The van der Waals surface area contributed by atoms with Crippen LogP contribution in [-0.2, 0) is 6.54 Å². The SMILES string of the molecule is Cl.NCc1cc(OC(F)(F)F)cc(C2CCC2)c1. The van der Waals surface area contributed by atoms with Crippen LogP contribution >= 0.6 is 12.4 Å². The van der Waals surface area contributed by atoms with Gasteiger partial charge in [-0.3, -0.25) is 0 Å². The van der Waals surface area contributed by atoms with Gasteiger partial charge in [0.05, 0.1) is 0 Å². The van der Waals surface area contributed by atoms with Gasteiger partial charge in [-0.25, -0.2) is 0 Å². The minimum Gasteiger partial charge on any atom is -0.406 e. The van der Waals surface area contributed by atoms with Crippen molar-refractivity contribution in [3.63, 3.8) is 0 Å². The topological polar surface area (TPSA) is 35.2 Å². The van der Waals surface area contributed by atoms with Gasteiger partial charge >= 0.3 is 6.36 Å². The lowest BCUT2D eigenvalue weighted by molar-refractivity contribution is -0.274. The standard InChI is InChI=1S/C12H14F3NO.ClH/c13-12(14,15)17-11-5-8(7-16)4-10(6-11)9-2-1-3-9;/h4-6,9H,1-3,7,16H2;1H. The van der Waals surface area contributed by atoms with Crippen LogP contribution in [0.4, 0.5) is 13.2 Å². The van der Waals surface area contributed by atoms with Gasteiger partial charge in [0.1, 0.15) is 5.75 Å². The van der Waals surface area contributed by atoms with E-state index in [4.69, 9.17) is 5.73 Å². The lowest BCUT2D eigenvalue weighted by atomic mass is 9.79. The molecule has 6 heteroatoms. The third-order valence-electron chi connectivity index (χ3n) is 3.03. The minimum atomic E-state index is -4.65. The van der Waals surface area contributed by atoms with Gasteiger partial charge in [0.2, 0.25) is 0 Å². The van der Waals surface area contributed by atoms with Crippen molar-refractivity contribution in [1.29, 1.82) is 0 Å². The maximum atomic E-state index is 12.2. The largest absolute Gasteiger partial charge is 0.573 e. The van der Waals surface area contributed by atoms with E-state index in [0.29, 0.717) is 11.5 Å². The lowest BCUT2D eigenvalue weighted by Gasteiger charge is -2.26. The van der Waals surface area contributed by atoms with E-state index in [1.807, 2.05) is 6.07 Å². The van der Waals surface area contributed by atoms with E-state index in [1.165, 1.54) is 12.1 Å². The summed E-state index contributed by atoms with van der Waals surface area (Å²) < 4.78 is 40.4. The summed E-state index contributed by atoms with van der Waals surface area (Å²) in [5, 5.41) is 0. The zero-order valence-electron chi connectivity index (χ0n) is 9.67. The van der Waals surface area contributed by atoms with Crippen LogP contribution < -0.4 is 10.5 Å². The fourth-order valence-electron chi connectivity index (χ4n) is 1.97. The van der Waals surface area contributed by atoms with Crippen LogP contribution in [0.1, 0.15) is 36.3 Å². The average molecular weight is 282 g/mol. The monoisotopic (exact) mass is 281 g/mol. The fraction of sp³-hybridized carbons (Fsp3) is 0.500. The number of nitrogens with two attached hydrogens (primary N) is 1. The van der Waals surface area contributed by atoms with Gasteiger partial charge in [-0.05, 0) is 42.0 Å². The van der Waals surface area contributed by atoms with Crippen molar-refractivity contribution in [2.24, 2.45) is 5.73 Å². The normalized spacial score (nSPS) is 15.8. The number of halogens is 4. The van der Waals surface area contributed by atoms with Gasteiger partial charge in [0.25, 0.3) is 0 Å². The van der Waals surface area contributed by atoms with Crippen molar-refractivity contribution in [2.45, 2.75) is 38.1 Å². The minimum absolute atomic E-state index is 0. The second-order valence-corrected chi connectivity index (χ2v) is 4.29. The average Bonchev–Trinajstić information content (AvgIpc) is 2.11. The van der Waals surface area contributed by atoms with E-state index in [1.54, 1.807) is 0 Å². The summed E-state index contributed by atoms with van der Waals surface area (Å²) >= 11 is 0. The Morgan fingerprint density at radius 3 is 2.33 bits per heavy atom. The second-order valence-electron chi connectivity index (χ2n) is 4.29. The Balaban J connectivity index is 0.00000162. The highest BCUT2D eigenvalue weighted by Gasteiger charge is 2.31. The highest BCUT2D eigenvalue weighted by Crippen LogP contribution is 2.38. The molecule has 18 heavy (non-hydrogen) atoms. The van der Waals surface area contributed by atoms with Crippen LogP contribution in [0, 0.1) is 0 Å². The van der Waals surface area contributed by atoms with E-state index in [-0.39, 0.29) is 24.7 Å². The number of hydrogen-bond acceptors (Lipinski definition) is 2. The molecule has 1 aromatic carbocycles. The molecule has 0 atom stereocenters. The molecule has 0 unspecified atom stereocenters. The Hall–Kier alpha value is -0.940. The summed E-state index contributed by atoms with van der Waals surface area (Å²) in [5.74, 6) is 0.194. The number of hydrogen-bond donors (Lipinski definition) is 1. The third kappa shape index (κ3) is 3.78. The zero-order valence-corrected chi connectivity index (χ0v) is 10.5. The molecule has 102 valence electrons. The molecule has 0 aliphatic heterocycles. The Labute approximate surface area is 110 Å². The lowest BCUT2D eigenvalue weighted by Crippen LogP contribution is -2.18. The van der Waals surface area contributed by atoms with Crippen LogP contribution in [0.5, 0.6) is 5.75 Å². The van der Waals surface area contributed by atoms with Crippen molar-refractivity contribution in [3.05, 3.63) is 29.3 Å². The first-order valence-corrected chi connectivity index (χ1v) is 5.57. The van der Waals surface area contributed by atoms with E-state index in [9.17, 15) is 13.2 Å². The van der Waals surface area contributed by atoms with Crippen molar-refractivity contribution in [1.82, 2.24) is 0 Å². The first-order valence-electron chi connectivity index (χ1n) is 5.57. The third-order valence-corrected chi connectivity index (χ3v) is 3.03. The molecular weight excluding hydrogens is 267 g/mol. The van der Waals surface area contributed by atoms with Gasteiger partial charge < -0.3 is 10.5 Å². The Morgan fingerprint density at radius 2 is 1.89 bits per heavy atom. The smallest absolute Gasteiger partial charge is 0.406 e. The molecule has 0 aromatic heterocycles. The first kappa shape index (κ1) is 15.1. The maximum absolute atomic E-state index is 12.2. The van der Waals surface area contributed by atoms with Crippen molar-refractivity contribution in [3.8, 4) is 5.75 Å². The molecule has 2 nitrogen and oxygen atoms in total. The molecule has 1 aliphatic rings. The van der Waals surface area contributed by atoms with Gasteiger partial charge in [0, 0.05) is 6.54 Å². The summed E-state index contributed by atoms with van der Waals surface area (Å²) in [4.78, 5) is 0. The van der Waals surface area contributed by atoms with Crippen LogP contribution in [0.3, 0.4) is 0 Å². The van der Waals surface area contributed by atoms with E-state index in [0.717, 1.165) is 24.8 Å². The van der Waals surface area contributed by atoms with Crippen molar-refractivity contribution < 1.29 is 17.9 Å². The molecule has 1 aliphatic carbocycles. The molecule has 1 aromatic rings.